The Hall–Kier alpha value is -4.65. The lowest BCUT2D eigenvalue weighted by molar-refractivity contribution is -0.127. The summed E-state index contributed by atoms with van der Waals surface area (Å²) in [5.41, 5.74) is 21.3. The standard InChI is InChI=1S/C10H18N2O3.C9H20N4O2.C8H18N2O2.C8H18N2O.C8H18.C7H15N3O2.C2H6/c1-7(2)4-9(5-13)12-10(15)8(3)11-6-14;1-12-8(3-5-11)9(15)13-7(6-14)2-4-10;1-4-5-10-8(12)7(9-3)6(2)11;1-3-4-8(11)10-7(2)5-6-9;1-3-5-7-8-6-4-2;1-6(2-3-8)10-7(12)4-9-5-11;1-2/h5-9H,4H2,1-3H3,(H,11,14)(H,12,15);6-8,12H,2-5,10-11H2,1H3,(H,13,15);6-7,9,11H,4-5H2,1-3H3,(H,10,12);7H,3-6,9H2,1-2H3,(H,10,11);3-8H2,1-2H3;5-6H,2-4,8H2,1H3,(H,9,11)(H,10,12);1-2H3/t8-,9+;7-,8-;6?,7-;7-;;6-;/m1001.1./s1. The molecule has 1 unspecified atom stereocenters. The summed E-state index contributed by atoms with van der Waals surface area (Å²) in [6, 6.07) is -2.16. The fourth-order valence-corrected chi connectivity index (χ4v) is 5.83. The number of unbranched alkanes of at least 4 members (excludes halogenated alkanes) is 5. The summed E-state index contributed by atoms with van der Waals surface area (Å²) in [7, 11) is 3.33. The molecule has 23 nitrogen and oxygen atoms in total. The smallest absolute Gasteiger partial charge is 0.242 e. The van der Waals surface area contributed by atoms with Gasteiger partial charge in [0.2, 0.25) is 42.4 Å². The predicted molar refractivity (Wildman–Crippen MR) is 304 cm³/mol. The zero-order valence-electron chi connectivity index (χ0n) is 49.1. The third kappa shape index (κ3) is 63.6. The minimum atomic E-state index is -0.660. The molecular weight excluding hydrogens is 967 g/mol. The van der Waals surface area contributed by atoms with Crippen LogP contribution in [0.1, 0.15) is 173 Å². The van der Waals surface area contributed by atoms with Crippen molar-refractivity contribution in [2.45, 2.75) is 221 Å². The van der Waals surface area contributed by atoms with E-state index in [0.29, 0.717) is 89.7 Å². The van der Waals surface area contributed by atoms with Gasteiger partial charge in [-0.05, 0) is 119 Å². The van der Waals surface area contributed by atoms with Gasteiger partial charge < -0.3 is 85.5 Å². The minimum absolute atomic E-state index is 0.0262. The van der Waals surface area contributed by atoms with Crippen molar-refractivity contribution in [3.05, 3.63) is 0 Å². The van der Waals surface area contributed by atoms with Gasteiger partial charge in [0.05, 0.1) is 30.8 Å². The van der Waals surface area contributed by atoms with Crippen LogP contribution in [0.5, 0.6) is 0 Å². The van der Waals surface area contributed by atoms with Crippen molar-refractivity contribution < 1.29 is 48.3 Å². The second kappa shape index (κ2) is 65.5. The zero-order chi connectivity index (χ0) is 59.4. The summed E-state index contributed by atoms with van der Waals surface area (Å²) in [5, 5.41) is 32.7. The van der Waals surface area contributed by atoms with Gasteiger partial charge in [0.1, 0.15) is 24.7 Å². The first-order valence-corrected chi connectivity index (χ1v) is 27.2. The van der Waals surface area contributed by atoms with Crippen LogP contribution in [-0.2, 0) is 43.2 Å². The van der Waals surface area contributed by atoms with Crippen molar-refractivity contribution in [1.29, 1.82) is 0 Å². The van der Waals surface area contributed by atoms with E-state index in [9.17, 15) is 43.2 Å². The van der Waals surface area contributed by atoms with Crippen LogP contribution in [0.2, 0.25) is 0 Å². The summed E-state index contributed by atoms with van der Waals surface area (Å²) >= 11 is 0. The molecule has 18 N–H and O–H groups in total. The topological polar surface area (TPSA) is 386 Å². The molecule has 0 bridgehead atoms. The molecular formula is C52H113N13O10. The molecule has 0 spiro atoms. The van der Waals surface area contributed by atoms with Crippen LogP contribution in [-0.4, -0.2) is 162 Å². The highest BCUT2D eigenvalue weighted by Crippen LogP contribution is 2.04. The molecule has 0 aliphatic rings. The summed E-state index contributed by atoms with van der Waals surface area (Å²) in [4.78, 5) is 97.2. The quantitative estimate of drug-likeness (QED) is 0.0306. The molecule has 8 atom stereocenters. The Labute approximate surface area is 453 Å². The Morgan fingerprint density at radius 1 is 0.547 bits per heavy atom. The van der Waals surface area contributed by atoms with Crippen LogP contribution in [0.3, 0.4) is 0 Å². The number of aliphatic hydroxyl groups is 1. The highest BCUT2D eigenvalue weighted by molar-refractivity contribution is 5.86. The molecule has 0 heterocycles. The van der Waals surface area contributed by atoms with Gasteiger partial charge in [0.15, 0.2) is 0 Å². The molecule has 0 aromatic carbocycles. The van der Waals surface area contributed by atoms with E-state index in [4.69, 9.17) is 28.0 Å². The number of carbonyl (C=O) groups is 9. The van der Waals surface area contributed by atoms with E-state index in [1.807, 2.05) is 55.4 Å². The highest BCUT2D eigenvalue weighted by Gasteiger charge is 2.21. The molecule has 7 amide bonds. The first-order valence-electron chi connectivity index (χ1n) is 27.2. The van der Waals surface area contributed by atoms with Gasteiger partial charge in [-0.25, -0.2) is 0 Å². The molecule has 0 aliphatic heterocycles. The van der Waals surface area contributed by atoms with Gasteiger partial charge in [-0.3, -0.25) is 33.6 Å². The lowest BCUT2D eigenvalue weighted by atomic mass is 10.0. The molecule has 0 aliphatic carbocycles. The van der Waals surface area contributed by atoms with Gasteiger partial charge in [-0.1, -0.05) is 93.9 Å². The van der Waals surface area contributed by atoms with Crippen molar-refractivity contribution in [2.75, 3.05) is 53.4 Å². The fourth-order valence-electron chi connectivity index (χ4n) is 5.83. The molecule has 0 radical (unpaired) electrons. The third-order valence-electron chi connectivity index (χ3n) is 9.94. The van der Waals surface area contributed by atoms with Crippen molar-refractivity contribution >= 4 is 54.9 Å². The number of aliphatic hydroxyl groups excluding tert-OH is 1. The summed E-state index contributed by atoms with van der Waals surface area (Å²) in [6.45, 7) is 26.1. The van der Waals surface area contributed by atoms with E-state index in [1.165, 1.54) is 38.5 Å². The van der Waals surface area contributed by atoms with E-state index in [2.05, 4.69) is 61.7 Å². The maximum atomic E-state index is 11.6. The summed E-state index contributed by atoms with van der Waals surface area (Å²) in [5.74, 6) is -0.436. The maximum Gasteiger partial charge on any atom is 0.242 e. The summed E-state index contributed by atoms with van der Waals surface area (Å²) in [6.07, 6.45) is 15.8. The number of hydrogen-bond donors (Lipinski definition) is 14. The van der Waals surface area contributed by atoms with Crippen LogP contribution in [0.25, 0.3) is 0 Å². The van der Waals surface area contributed by atoms with E-state index in [-0.39, 0.29) is 54.2 Å². The lowest BCUT2D eigenvalue weighted by Crippen LogP contribution is -2.49. The lowest BCUT2D eigenvalue weighted by Gasteiger charge is -2.18. The number of carbonyl (C=O) groups excluding carboxylic acids is 9. The predicted octanol–water partition coefficient (Wildman–Crippen LogP) is 0.907. The number of likely N-dealkylation sites (N-methyl/N-ethyl adjacent to an activating group) is 2. The number of hydrogen-bond acceptors (Lipinski definition) is 16. The van der Waals surface area contributed by atoms with Gasteiger partial charge in [0.25, 0.3) is 0 Å². The average molecular weight is 1080 g/mol. The monoisotopic (exact) mass is 1080 g/mol. The van der Waals surface area contributed by atoms with Crippen LogP contribution in [0.15, 0.2) is 0 Å². The normalized spacial score (nSPS) is 13.0. The van der Waals surface area contributed by atoms with Gasteiger partial charge in [0, 0.05) is 25.0 Å². The van der Waals surface area contributed by atoms with Gasteiger partial charge in [-0.2, -0.15) is 0 Å². The second-order valence-corrected chi connectivity index (χ2v) is 17.7. The van der Waals surface area contributed by atoms with E-state index >= 15 is 0 Å². The van der Waals surface area contributed by atoms with Crippen molar-refractivity contribution in [1.82, 2.24) is 47.9 Å². The second-order valence-electron chi connectivity index (χ2n) is 17.7. The number of rotatable bonds is 36. The maximum absolute atomic E-state index is 11.6. The SMILES string of the molecule is CC.CC(C)C[C@@H](C=O)NC(=O)[C@@H](C)NC=O.CCCC(=O)N[C@H](C)CCN.CCCCCCCC.CCCNC(=O)[C@@H](NC)C(C)O.CN[C@@H](CCN)C(=O)N[C@H](C=O)CCN.C[C@H](CCN)NC(=O)CNC=O. The van der Waals surface area contributed by atoms with Gasteiger partial charge in [-0.15, -0.1) is 0 Å². The van der Waals surface area contributed by atoms with Gasteiger partial charge >= 0.3 is 0 Å². The Morgan fingerprint density at radius 2 is 1.03 bits per heavy atom. The number of nitrogens with one attached hydrogen (secondary N) is 9. The van der Waals surface area contributed by atoms with Crippen molar-refractivity contribution in [2.24, 2.45) is 28.9 Å². The molecule has 0 aromatic rings. The minimum Gasteiger partial charge on any atom is -0.391 e. The van der Waals surface area contributed by atoms with E-state index < -0.39 is 30.3 Å². The van der Waals surface area contributed by atoms with Crippen molar-refractivity contribution in [3.63, 3.8) is 0 Å². The number of nitrogens with two attached hydrogens (primary N) is 4. The Morgan fingerprint density at radius 3 is 1.39 bits per heavy atom. The van der Waals surface area contributed by atoms with E-state index in [1.54, 1.807) is 27.9 Å². The van der Waals surface area contributed by atoms with E-state index in [0.717, 1.165) is 25.7 Å². The molecule has 0 saturated heterocycles. The first kappa shape index (κ1) is 84.3. The molecule has 0 saturated carbocycles. The molecule has 23 heteroatoms. The van der Waals surface area contributed by atoms with Crippen molar-refractivity contribution in [3.8, 4) is 0 Å². The molecule has 75 heavy (non-hydrogen) atoms. The fraction of sp³-hybridized carbons (Fsp3) is 0.827. The zero-order valence-corrected chi connectivity index (χ0v) is 49.1. The number of aldehydes is 2. The molecule has 0 rings (SSSR count). The Balaban J connectivity index is -0.000000148. The molecule has 0 fully saturated rings. The molecule has 0 aromatic heterocycles. The first-order chi connectivity index (χ1) is 35.6. The average Bonchev–Trinajstić information content (AvgIpc) is 3.37. The van der Waals surface area contributed by atoms with Crippen LogP contribution in [0.4, 0.5) is 0 Å². The number of amides is 7. The Bertz CT molecular complexity index is 1350. The third-order valence-corrected chi connectivity index (χ3v) is 9.94. The molecule has 446 valence electrons. The highest BCUT2D eigenvalue weighted by atomic mass is 16.3. The summed E-state index contributed by atoms with van der Waals surface area (Å²) < 4.78 is 0. The van der Waals surface area contributed by atoms with Crippen LogP contribution in [0, 0.1) is 5.92 Å². The largest absolute Gasteiger partial charge is 0.391 e. The van der Waals surface area contributed by atoms with Crippen LogP contribution < -0.4 is 70.8 Å². The Kier molecular flexibility index (Phi) is 73.6. The van der Waals surface area contributed by atoms with Crippen LogP contribution >= 0.6 is 0 Å².